The van der Waals surface area contributed by atoms with Crippen LogP contribution in [0.4, 0.5) is 5.82 Å². The smallest absolute Gasteiger partial charge is 0.140 e. The number of nitrogens with one attached hydrogen (secondary N) is 2. The molecule has 1 aromatic heterocycles. The summed E-state index contributed by atoms with van der Waals surface area (Å²) in [7, 11) is 1.81. The predicted molar refractivity (Wildman–Crippen MR) is 41.7 cm³/mol. The molecule has 3 nitrogen and oxygen atoms in total. The summed E-state index contributed by atoms with van der Waals surface area (Å²) in [6.45, 7) is 1.96. The molecule has 0 unspecified atom stereocenters. The van der Waals surface area contributed by atoms with Crippen LogP contribution in [0.2, 0.25) is 0 Å². The van der Waals surface area contributed by atoms with E-state index in [-0.39, 0.29) is 0 Å². The first-order valence-electron chi connectivity index (χ1n) is 3.19. The van der Waals surface area contributed by atoms with Crippen LogP contribution in [-0.2, 0) is 0 Å². The second-order valence-corrected chi connectivity index (χ2v) is 2.04. The Morgan fingerprint density at radius 2 is 2.20 bits per heavy atom. The summed E-state index contributed by atoms with van der Waals surface area (Å²) in [5.41, 5.74) is 6.70. The van der Waals surface area contributed by atoms with Crippen molar-refractivity contribution >= 4 is 5.82 Å². The maximum Gasteiger partial charge on any atom is 0.140 e. The number of aromatic nitrogens is 1. The zero-order valence-corrected chi connectivity index (χ0v) is 6.18. The fraction of sp³-hybridized carbons (Fsp3) is 0.286. The lowest BCUT2D eigenvalue weighted by molar-refractivity contribution is 0.959. The molecule has 0 saturated carbocycles. The zero-order valence-electron chi connectivity index (χ0n) is 6.18. The number of pyridine rings is 1. The second kappa shape index (κ2) is 3.17. The molecule has 0 radical (unpaired) electrons. The molecule has 0 aliphatic rings. The minimum atomic E-state index is 0.850. The molecular weight excluding hydrogens is 126 g/mol. The van der Waals surface area contributed by atoms with Crippen LogP contribution in [0.15, 0.2) is 18.2 Å². The van der Waals surface area contributed by atoms with E-state index in [1.54, 1.807) is 0 Å². The first kappa shape index (κ1) is 7.02. The SMILES string of the molecule is CNNc1cccc(C)n1. The molecule has 0 fully saturated rings. The molecular formula is C7H11N3. The molecule has 2 N–H and O–H groups in total. The molecule has 0 bridgehead atoms. The zero-order chi connectivity index (χ0) is 7.40. The van der Waals surface area contributed by atoms with Crippen molar-refractivity contribution in [3.63, 3.8) is 0 Å². The minimum absolute atomic E-state index is 0.850. The Morgan fingerprint density at radius 1 is 1.40 bits per heavy atom. The summed E-state index contributed by atoms with van der Waals surface area (Å²) in [5.74, 6) is 0.850. The predicted octanol–water partition coefficient (Wildman–Crippen LogP) is 0.936. The Balaban J connectivity index is 2.75. The van der Waals surface area contributed by atoms with Gasteiger partial charge >= 0.3 is 0 Å². The number of anilines is 1. The first-order valence-corrected chi connectivity index (χ1v) is 3.19. The number of hydrogen-bond donors (Lipinski definition) is 2. The van der Waals surface area contributed by atoms with Crippen LogP contribution >= 0.6 is 0 Å². The summed E-state index contributed by atoms with van der Waals surface area (Å²) in [5, 5.41) is 0. The maximum atomic E-state index is 4.19. The van der Waals surface area contributed by atoms with Gasteiger partial charge in [0.1, 0.15) is 5.82 Å². The highest BCUT2D eigenvalue weighted by Crippen LogP contribution is 2.00. The van der Waals surface area contributed by atoms with Gasteiger partial charge in [-0.15, -0.1) is 0 Å². The molecule has 0 aromatic carbocycles. The van der Waals surface area contributed by atoms with Gasteiger partial charge in [-0.05, 0) is 19.1 Å². The van der Waals surface area contributed by atoms with E-state index in [0.29, 0.717) is 0 Å². The Hall–Kier alpha value is -1.09. The largest absolute Gasteiger partial charge is 0.306 e. The lowest BCUT2D eigenvalue weighted by Gasteiger charge is -2.01. The van der Waals surface area contributed by atoms with E-state index in [1.807, 2.05) is 32.2 Å². The van der Waals surface area contributed by atoms with E-state index in [0.717, 1.165) is 11.5 Å². The molecule has 0 saturated heterocycles. The molecule has 1 rings (SSSR count). The van der Waals surface area contributed by atoms with E-state index < -0.39 is 0 Å². The average molecular weight is 137 g/mol. The molecule has 0 amide bonds. The third kappa shape index (κ3) is 1.70. The normalized spacial score (nSPS) is 9.40. The summed E-state index contributed by atoms with van der Waals surface area (Å²) in [6, 6.07) is 5.83. The third-order valence-corrected chi connectivity index (χ3v) is 1.14. The highest BCUT2D eigenvalue weighted by atomic mass is 15.4. The molecule has 0 aliphatic heterocycles. The Morgan fingerprint density at radius 3 is 2.80 bits per heavy atom. The van der Waals surface area contributed by atoms with Crippen molar-refractivity contribution in [1.82, 2.24) is 10.4 Å². The Kier molecular flexibility index (Phi) is 2.23. The minimum Gasteiger partial charge on any atom is -0.306 e. The third-order valence-electron chi connectivity index (χ3n) is 1.14. The summed E-state index contributed by atoms with van der Waals surface area (Å²) < 4.78 is 0. The van der Waals surface area contributed by atoms with Gasteiger partial charge in [0, 0.05) is 12.7 Å². The molecule has 10 heavy (non-hydrogen) atoms. The van der Waals surface area contributed by atoms with Crippen molar-refractivity contribution in [1.29, 1.82) is 0 Å². The van der Waals surface area contributed by atoms with Crippen molar-refractivity contribution in [2.24, 2.45) is 0 Å². The van der Waals surface area contributed by atoms with E-state index >= 15 is 0 Å². The number of hydrogen-bond acceptors (Lipinski definition) is 3. The van der Waals surface area contributed by atoms with Crippen LogP contribution in [0.5, 0.6) is 0 Å². The van der Waals surface area contributed by atoms with Gasteiger partial charge in [-0.1, -0.05) is 6.07 Å². The molecule has 0 spiro atoms. The van der Waals surface area contributed by atoms with Crippen LogP contribution in [0.25, 0.3) is 0 Å². The van der Waals surface area contributed by atoms with Crippen LogP contribution < -0.4 is 10.9 Å². The first-order chi connectivity index (χ1) is 4.83. The summed E-state index contributed by atoms with van der Waals surface area (Å²) >= 11 is 0. The number of aryl methyl sites for hydroxylation is 1. The topological polar surface area (TPSA) is 37.0 Å². The molecule has 1 heterocycles. The van der Waals surface area contributed by atoms with Gasteiger partial charge in [-0.25, -0.2) is 10.4 Å². The van der Waals surface area contributed by atoms with Gasteiger partial charge in [0.2, 0.25) is 0 Å². The molecule has 1 aromatic rings. The van der Waals surface area contributed by atoms with E-state index in [1.165, 1.54) is 0 Å². The van der Waals surface area contributed by atoms with Gasteiger partial charge in [0.15, 0.2) is 0 Å². The van der Waals surface area contributed by atoms with Crippen LogP contribution in [0.1, 0.15) is 5.69 Å². The van der Waals surface area contributed by atoms with Gasteiger partial charge in [0.05, 0.1) is 0 Å². The standard InChI is InChI=1S/C7H11N3/c1-6-4-3-5-7(9-6)10-8-2/h3-5,8H,1-2H3,(H,9,10). The Labute approximate surface area is 60.5 Å². The lowest BCUT2D eigenvalue weighted by Crippen LogP contribution is -2.15. The van der Waals surface area contributed by atoms with E-state index in [4.69, 9.17) is 0 Å². The van der Waals surface area contributed by atoms with E-state index in [9.17, 15) is 0 Å². The fourth-order valence-electron chi connectivity index (χ4n) is 0.741. The quantitative estimate of drug-likeness (QED) is 0.595. The van der Waals surface area contributed by atoms with Gasteiger partial charge < -0.3 is 5.43 Å². The van der Waals surface area contributed by atoms with Crippen molar-refractivity contribution < 1.29 is 0 Å². The van der Waals surface area contributed by atoms with Gasteiger partial charge in [-0.3, -0.25) is 0 Å². The van der Waals surface area contributed by atoms with Crippen LogP contribution in [0.3, 0.4) is 0 Å². The highest BCUT2D eigenvalue weighted by molar-refractivity contribution is 5.33. The number of nitrogens with zero attached hydrogens (tertiary/aromatic N) is 1. The summed E-state index contributed by atoms with van der Waals surface area (Å²) in [4.78, 5) is 4.19. The van der Waals surface area contributed by atoms with Crippen molar-refractivity contribution in [2.75, 3.05) is 12.5 Å². The number of hydrazine groups is 1. The van der Waals surface area contributed by atoms with Gasteiger partial charge in [0.25, 0.3) is 0 Å². The molecule has 0 aliphatic carbocycles. The maximum absolute atomic E-state index is 4.19. The second-order valence-electron chi connectivity index (χ2n) is 2.04. The fourth-order valence-corrected chi connectivity index (χ4v) is 0.741. The van der Waals surface area contributed by atoms with E-state index in [2.05, 4.69) is 15.8 Å². The monoisotopic (exact) mass is 137 g/mol. The van der Waals surface area contributed by atoms with Crippen molar-refractivity contribution in [3.05, 3.63) is 23.9 Å². The Bertz CT molecular complexity index is 210. The van der Waals surface area contributed by atoms with Crippen LogP contribution in [-0.4, -0.2) is 12.0 Å². The molecule has 3 heteroatoms. The number of rotatable bonds is 2. The van der Waals surface area contributed by atoms with Crippen molar-refractivity contribution in [2.45, 2.75) is 6.92 Å². The van der Waals surface area contributed by atoms with Gasteiger partial charge in [-0.2, -0.15) is 0 Å². The molecule has 0 atom stereocenters. The average Bonchev–Trinajstić information content (AvgIpc) is 1.88. The molecule has 54 valence electrons. The summed E-state index contributed by atoms with van der Waals surface area (Å²) in [6.07, 6.45) is 0. The van der Waals surface area contributed by atoms with Crippen molar-refractivity contribution in [3.8, 4) is 0 Å². The lowest BCUT2D eigenvalue weighted by atomic mass is 10.4. The van der Waals surface area contributed by atoms with Crippen LogP contribution in [0, 0.1) is 6.92 Å². The highest BCUT2D eigenvalue weighted by Gasteiger charge is 1.88.